The van der Waals surface area contributed by atoms with E-state index >= 15 is 0 Å². The van der Waals surface area contributed by atoms with Gasteiger partial charge in [-0.2, -0.15) is 5.10 Å². The van der Waals surface area contributed by atoms with E-state index in [9.17, 15) is 4.79 Å². The van der Waals surface area contributed by atoms with Gasteiger partial charge in [-0.1, -0.05) is 31.9 Å². The van der Waals surface area contributed by atoms with Gasteiger partial charge in [0.15, 0.2) is 0 Å². The molecule has 2 heterocycles. The van der Waals surface area contributed by atoms with Gasteiger partial charge in [-0.05, 0) is 44.9 Å². The second-order valence-electron chi connectivity index (χ2n) is 8.18. The van der Waals surface area contributed by atoms with Gasteiger partial charge in [0.05, 0.1) is 11.7 Å². The third kappa shape index (κ3) is 3.87. The van der Waals surface area contributed by atoms with Gasteiger partial charge >= 0.3 is 0 Å². The van der Waals surface area contributed by atoms with Crippen LogP contribution >= 0.6 is 11.6 Å². The Morgan fingerprint density at radius 3 is 2.76 bits per heavy atom. The molecular weight excluding hydrogens is 336 g/mol. The Balaban J connectivity index is 1.82. The number of hydrogen-bond donors (Lipinski definition) is 1. The predicted molar refractivity (Wildman–Crippen MR) is 100 cm³/mol. The van der Waals surface area contributed by atoms with Crippen molar-refractivity contribution in [3.63, 3.8) is 0 Å². The molecule has 1 aromatic heterocycles. The van der Waals surface area contributed by atoms with Gasteiger partial charge in [0, 0.05) is 30.6 Å². The molecule has 0 spiro atoms. The maximum absolute atomic E-state index is 13.1. The summed E-state index contributed by atoms with van der Waals surface area (Å²) in [4.78, 5) is 15.2. The number of carbonyl (C=O) groups excluding carboxylic acids is 1. The highest BCUT2D eigenvalue weighted by Gasteiger charge is 2.38. The third-order valence-corrected chi connectivity index (χ3v) is 5.98. The summed E-state index contributed by atoms with van der Waals surface area (Å²) in [5.41, 5.74) is 8.10. The van der Waals surface area contributed by atoms with Crippen LogP contribution in [0.3, 0.4) is 0 Å². The van der Waals surface area contributed by atoms with Gasteiger partial charge < -0.3 is 10.6 Å². The molecule has 25 heavy (non-hydrogen) atoms. The van der Waals surface area contributed by atoms with Crippen LogP contribution in [0.4, 0.5) is 0 Å². The van der Waals surface area contributed by atoms with E-state index in [0.29, 0.717) is 11.1 Å². The lowest BCUT2D eigenvalue weighted by Gasteiger charge is -2.32. The van der Waals surface area contributed by atoms with Crippen molar-refractivity contribution in [3.05, 3.63) is 16.4 Å². The van der Waals surface area contributed by atoms with Crippen molar-refractivity contribution in [3.8, 4) is 0 Å². The molecule has 1 aliphatic heterocycles. The van der Waals surface area contributed by atoms with Crippen LogP contribution in [0.25, 0.3) is 0 Å². The molecule has 1 aromatic rings. The number of carbonyl (C=O) groups is 1. The van der Waals surface area contributed by atoms with Crippen LogP contribution in [-0.2, 0) is 11.3 Å². The number of nitrogens with two attached hydrogens (primary N) is 1. The average molecular weight is 367 g/mol. The predicted octanol–water partition coefficient (Wildman–Crippen LogP) is 3.68. The molecule has 140 valence electrons. The summed E-state index contributed by atoms with van der Waals surface area (Å²) >= 11 is 6.68. The van der Waals surface area contributed by atoms with Crippen molar-refractivity contribution < 1.29 is 4.79 Å². The van der Waals surface area contributed by atoms with Crippen LogP contribution in [0, 0.1) is 18.8 Å². The standard InChI is InChI=1S/C19H31ClN4O/c1-12(2)11-24-18(20)17(13(3)22-24)16-8-5-9-23(16)19(25)14-6-4-7-15(21)10-14/h12,14-16H,4-11,21H2,1-3H3/t14-,15-,16-/m0/s1. The summed E-state index contributed by atoms with van der Waals surface area (Å²) in [5.74, 6) is 0.827. The number of amides is 1. The van der Waals surface area contributed by atoms with Crippen molar-refractivity contribution in [2.75, 3.05) is 6.54 Å². The molecule has 2 fully saturated rings. The molecular formula is C19H31ClN4O. The summed E-state index contributed by atoms with van der Waals surface area (Å²) in [6, 6.07) is 0.238. The Kier molecular flexibility index (Phi) is 5.74. The van der Waals surface area contributed by atoms with E-state index in [4.69, 9.17) is 17.3 Å². The Hall–Kier alpha value is -1.07. The van der Waals surface area contributed by atoms with E-state index < -0.39 is 0 Å². The number of hydrogen-bond acceptors (Lipinski definition) is 3. The monoisotopic (exact) mass is 366 g/mol. The molecule has 0 bridgehead atoms. The van der Waals surface area contributed by atoms with Gasteiger partial charge in [-0.15, -0.1) is 0 Å². The summed E-state index contributed by atoms with van der Waals surface area (Å²) in [6.45, 7) is 7.95. The number of halogens is 1. The van der Waals surface area contributed by atoms with E-state index in [1.54, 1.807) is 0 Å². The highest BCUT2D eigenvalue weighted by molar-refractivity contribution is 6.30. The second-order valence-corrected chi connectivity index (χ2v) is 8.54. The topological polar surface area (TPSA) is 64.2 Å². The molecule has 2 aliphatic rings. The lowest BCUT2D eigenvalue weighted by molar-refractivity contribution is -0.137. The zero-order valence-electron chi connectivity index (χ0n) is 15.7. The maximum Gasteiger partial charge on any atom is 0.226 e. The van der Waals surface area contributed by atoms with Crippen molar-refractivity contribution in [2.24, 2.45) is 17.6 Å². The van der Waals surface area contributed by atoms with E-state index in [1.807, 2.05) is 11.6 Å². The van der Waals surface area contributed by atoms with Gasteiger partial charge in [-0.25, -0.2) is 0 Å². The molecule has 1 saturated heterocycles. The Bertz CT molecular complexity index is 627. The van der Waals surface area contributed by atoms with Gasteiger partial charge in [0.1, 0.15) is 5.15 Å². The Labute approximate surface area is 155 Å². The number of aromatic nitrogens is 2. The minimum Gasteiger partial charge on any atom is -0.335 e. The number of aryl methyl sites for hydroxylation is 1. The smallest absolute Gasteiger partial charge is 0.226 e. The summed E-state index contributed by atoms with van der Waals surface area (Å²) in [7, 11) is 0. The number of nitrogens with zero attached hydrogens (tertiary/aromatic N) is 3. The third-order valence-electron chi connectivity index (χ3n) is 5.58. The SMILES string of the molecule is Cc1nn(CC(C)C)c(Cl)c1[C@@H]1CCCN1C(=O)[C@H]1CCC[C@H](N)C1. The Morgan fingerprint density at radius 2 is 2.08 bits per heavy atom. The highest BCUT2D eigenvalue weighted by atomic mass is 35.5. The van der Waals surface area contributed by atoms with Crippen molar-refractivity contribution in [2.45, 2.75) is 77.9 Å². The van der Waals surface area contributed by atoms with Crippen LogP contribution < -0.4 is 5.73 Å². The molecule has 0 radical (unpaired) electrons. The average Bonchev–Trinajstić information content (AvgIpc) is 3.11. The highest BCUT2D eigenvalue weighted by Crippen LogP contribution is 2.40. The van der Waals surface area contributed by atoms with E-state index in [2.05, 4.69) is 23.8 Å². The lowest BCUT2D eigenvalue weighted by Crippen LogP contribution is -2.40. The maximum atomic E-state index is 13.1. The lowest BCUT2D eigenvalue weighted by atomic mass is 9.85. The minimum atomic E-state index is 0.0686. The van der Waals surface area contributed by atoms with Crippen LogP contribution in [0.1, 0.15) is 69.7 Å². The first kappa shape index (κ1) is 18.7. The van der Waals surface area contributed by atoms with Crippen molar-refractivity contribution in [1.82, 2.24) is 14.7 Å². The fourth-order valence-corrected chi connectivity index (χ4v) is 4.80. The Morgan fingerprint density at radius 1 is 1.32 bits per heavy atom. The fraction of sp³-hybridized carbons (Fsp3) is 0.789. The van der Waals surface area contributed by atoms with Crippen LogP contribution in [0.15, 0.2) is 0 Å². The number of rotatable bonds is 4. The van der Waals surface area contributed by atoms with Gasteiger partial charge in [0.25, 0.3) is 0 Å². The molecule has 1 aliphatic carbocycles. The summed E-state index contributed by atoms with van der Waals surface area (Å²) in [5, 5.41) is 5.34. The quantitative estimate of drug-likeness (QED) is 0.883. The first-order valence-corrected chi connectivity index (χ1v) is 10.0. The largest absolute Gasteiger partial charge is 0.335 e. The van der Waals surface area contributed by atoms with E-state index in [-0.39, 0.29) is 23.9 Å². The van der Waals surface area contributed by atoms with Crippen molar-refractivity contribution >= 4 is 17.5 Å². The fourth-order valence-electron chi connectivity index (χ4n) is 4.43. The van der Waals surface area contributed by atoms with Crippen molar-refractivity contribution in [1.29, 1.82) is 0 Å². The zero-order valence-corrected chi connectivity index (χ0v) is 16.4. The van der Waals surface area contributed by atoms with E-state index in [0.717, 1.165) is 62.9 Å². The molecule has 1 saturated carbocycles. The molecule has 1 amide bonds. The summed E-state index contributed by atoms with van der Waals surface area (Å²) in [6.07, 6.45) is 5.89. The normalized spacial score (nSPS) is 27.3. The first-order chi connectivity index (χ1) is 11.9. The van der Waals surface area contributed by atoms with Gasteiger partial charge in [-0.3, -0.25) is 9.48 Å². The minimum absolute atomic E-state index is 0.0686. The molecule has 0 aromatic carbocycles. The number of likely N-dealkylation sites (tertiary alicyclic amines) is 1. The molecule has 6 heteroatoms. The molecule has 3 rings (SSSR count). The zero-order chi connectivity index (χ0) is 18.1. The molecule has 5 nitrogen and oxygen atoms in total. The van der Waals surface area contributed by atoms with E-state index in [1.165, 1.54) is 0 Å². The molecule has 2 N–H and O–H groups in total. The second kappa shape index (κ2) is 7.67. The molecule has 0 unspecified atom stereocenters. The van der Waals surface area contributed by atoms with Crippen LogP contribution in [0.5, 0.6) is 0 Å². The van der Waals surface area contributed by atoms with Gasteiger partial charge in [0.2, 0.25) is 5.91 Å². The summed E-state index contributed by atoms with van der Waals surface area (Å²) < 4.78 is 1.90. The van der Waals surface area contributed by atoms with Crippen LogP contribution in [-0.4, -0.2) is 33.2 Å². The first-order valence-electron chi connectivity index (χ1n) is 9.67. The van der Waals surface area contributed by atoms with Crippen LogP contribution in [0.2, 0.25) is 5.15 Å². The molecule has 3 atom stereocenters.